The van der Waals surface area contributed by atoms with Crippen LogP contribution in [0, 0.1) is 0 Å². The van der Waals surface area contributed by atoms with Gasteiger partial charge in [0.2, 0.25) is 0 Å². The Morgan fingerprint density at radius 2 is 2.31 bits per heavy atom. The fraction of sp³-hybridized carbons (Fsp3) is 0.615. The summed E-state index contributed by atoms with van der Waals surface area (Å²) in [6.07, 6.45) is 8.20. The molecule has 2 rings (SSSR count). The maximum atomic E-state index is 6.31. The lowest BCUT2D eigenvalue weighted by molar-refractivity contribution is 0.607. The summed E-state index contributed by atoms with van der Waals surface area (Å²) in [7, 11) is 1.98. The molecule has 1 atom stereocenters. The molecule has 1 aliphatic carbocycles. The van der Waals surface area contributed by atoms with Gasteiger partial charge < -0.3 is 5.73 Å². The van der Waals surface area contributed by atoms with E-state index < -0.39 is 0 Å². The van der Waals surface area contributed by atoms with Crippen molar-refractivity contribution in [3.8, 4) is 0 Å². The van der Waals surface area contributed by atoms with Crippen LogP contribution in [-0.2, 0) is 13.5 Å². The molecule has 3 heteroatoms. The Kier molecular flexibility index (Phi) is 3.44. The number of hydrogen-bond acceptors (Lipinski definition) is 2. The zero-order chi connectivity index (χ0) is 11.5. The van der Waals surface area contributed by atoms with Gasteiger partial charge in [-0.3, -0.25) is 4.68 Å². The third-order valence-corrected chi connectivity index (χ3v) is 3.37. The Labute approximate surface area is 97.3 Å². The molecule has 1 aromatic rings. The highest BCUT2D eigenvalue weighted by Crippen LogP contribution is 2.28. The Morgan fingerprint density at radius 3 is 2.88 bits per heavy atom. The number of hydrogen-bond donors (Lipinski definition) is 1. The van der Waals surface area contributed by atoms with Gasteiger partial charge in [0.25, 0.3) is 0 Å². The van der Waals surface area contributed by atoms with Crippen LogP contribution < -0.4 is 5.73 Å². The topological polar surface area (TPSA) is 43.8 Å². The maximum absolute atomic E-state index is 6.31. The van der Waals surface area contributed by atoms with E-state index in [1.807, 2.05) is 11.7 Å². The quantitative estimate of drug-likeness (QED) is 0.794. The molecule has 1 heterocycles. The van der Waals surface area contributed by atoms with Gasteiger partial charge in [0, 0.05) is 7.05 Å². The van der Waals surface area contributed by atoms with Crippen molar-refractivity contribution in [3.63, 3.8) is 0 Å². The molecular weight excluding hydrogens is 198 g/mol. The normalized spacial score (nSPS) is 18.3. The fourth-order valence-corrected chi connectivity index (χ4v) is 2.34. The van der Waals surface area contributed by atoms with Gasteiger partial charge in [-0.25, -0.2) is 0 Å². The first-order chi connectivity index (χ1) is 7.72. The summed E-state index contributed by atoms with van der Waals surface area (Å²) in [6.45, 7) is 2.12. The van der Waals surface area contributed by atoms with Crippen molar-refractivity contribution >= 4 is 0 Å². The molecule has 0 spiro atoms. The predicted molar refractivity (Wildman–Crippen MR) is 66.1 cm³/mol. The molecule has 0 aliphatic heterocycles. The van der Waals surface area contributed by atoms with Crippen molar-refractivity contribution in [1.29, 1.82) is 0 Å². The molecule has 3 nitrogen and oxygen atoms in total. The monoisotopic (exact) mass is 219 g/mol. The number of nitrogens with two attached hydrogens (primary N) is 1. The molecule has 0 amide bonds. The standard InChI is InChI=1S/C13H21N3/c1-3-11-9-12(16(2)15-11)13(14)10-7-5-4-6-8-10/h7,9,13H,3-6,8,14H2,1-2H3. The van der Waals surface area contributed by atoms with Crippen LogP contribution in [0.15, 0.2) is 17.7 Å². The van der Waals surface area contributed by atoms with Crippen LogP contribution in [0.5, 0.6) is 0 Å². The Balaban J connectivity index is 2.22. The Hall–Kier alpha value is -1.09. The molecule has 0 radical (unpaired) electrons. The second kappa shape index (κ2) is 4.83. The highest BCUT2D eigenvalue weighted by atomic mass is 15.3. The van der Waals surface area contributed by atoms with E-state index in [0.717, 1.165) is 24.2 Å². The molecule has 1 aliphatic rings. The van der Waals surface area contributed by atoms with Crippen molar-refractivity contribution in [2.24, 2.45) is 12.8 Å². The molecule has 0 fully saturated rings. The lowest BCUT2D eigenvalue weighted by Crippen LogP contribution is -2.18. The second-order valence-corrected chi connectivity index (χ2v) is 4.54. The van der Waals surface area contributed by atoms with Crippen molar-refractivity contribution in [2.75, 3.05) is 0 Å². The summed E-state index contributed by atoms with van der Waals surface area (Å²) in [5, 5.41) is 4.45. The van der Waals surface area contributed by atoms with Gasteiger partial charge >= 0.3 is 0 Å². The largest absolute Gasteiger partial charge is 0.319 e. The summed E-state index contributed by atoms with van der Waals surface area (Å²) in [4.78, 5) is 0. The van der Waals surface area contributed by atoms with Crippen molar-refractivity contribution in [3.05, 3.63) is 29.1 Å². The van der Waals surface area contributed by atoms with Crippen molar-refractivity contribution in [2.45, 2.75) is 45.1 Å². The summed E-state index contributed by atoms with van der Waals surface area (Å²) >= 11 is 0. The van der Waals surface area contributed by atoms with E-state index in [9.17, 15) is 0 Å². The molecule has 0 aromatic carbocycles. The van der Waals surface area contributed by atoms with Gasteiger partial charge in [0.05, 0.1) is 17.4 Å². The number of aromatic nitrogens is 2. The minimum atomic E-state index is 0.0399. The third kappa shape index (κ3) is 2.19. The number of rotatable bonds is 3. The lowest BCUT2D eigenvalue weighted by atomic mass is 9.92. The van der Waals surface area contributed by atoms with E-state index in [4.69, 9.17) is 5.73 Å². The number of aryl methyl sites for hydroxylation is 2. The smallest absolute Gasteiger partial charge is 0.0682 e. The first-order valence-corrected chi connectivity index (χ1v) is 6.19. The minimum Gasteiger partial charge on any atom is -0.319 e. The average Bonchev–Trinajstić information content (AvgIpc) is 2.71. The summed E-state index contributed by atoms with van der Waals surface area (Å²) in [5.74, 6) is 0. The molecule has 0 saturated carbocycles. The highest BCUT2D eigenvalue weighted by Gasteiger charge is 2.17. The van der Waals surface area contributed by atoms with E-state index in [-0.39, 0.29) is 6.04 Å². The summed E-state index contributed by atoms with van der Waals surface area (Å²) in [6, 6.07) is 2.18. The van der Waals surface area contributed by atoms with E-state index in [1.165, 1.54) is 24.8 Å². The minimum absolute atomic E-state index is 0.0399. The molecule has 1 aromatic heterocycles. The van der Waals surface area contributed by atoms with Gasteiger partial charge in [-0.05, 0) is 38.2 Å². The van der Waals surface area contributed by atoms with Crippen molar-refractivity contribution < 1.29 is 0 Å². The van der Waals surface area contributed by atoms with Crippen molar-refractivity contribution in [1.82, 2.24) is 9.78 Å². The lowest BCUT2D eigenvalue weighted by Gasteiger charge is -2.19. The van der Waals surface area contributed by atoms with Gasteiger partial charge in [0.15, 0.2) is 0 Å². The molecule has 0 bridgehead atoms. The number of allylic oxidation sites excluding steroid dienone is 1. The Morgan fingerprint density at radius 1 is 1.50 bits per heavy atom. The third-order valence-electron chi connectivity index (χ3n) is 3.37. The van der Waals surface area contributed by atoms with Crippen LogP contribution in [0.4, 0.5) is 0 Å². The summed E-state index contributed by atoms with van der Waals surface area (Å²) in [5.41, 5.74) is 9.97. The first-order valence-electron chi connectivity index (χ1n) is 6.19. The van der Waals surface area contributed by atoms with Gasteiger partial charge in [0.1, 0.15) is 0 Å². The van der Waals surface area contributed by atoms with Crippen LogP contribution >= 0.6 is 0 Å². The molecular formula is C13H21N3. The zero-order valence-corrected chi connectivity index (χ0v) is 10.2. The molecule has 1 unspecified atom stereocenters. The van der Waals surface area contributed by atoms with Crippen LogP contribution in [0.3, 0.4) is 0 Å². The predicted octanol–water partition coefficient (Wildman–Crippen LogP) is 2.48. The van der Waals surface area contributed by atoms with Gasteiger partial charge in [-0.1, -0.05) is 18.6 Å². The molecule has 16 heavy (non-hydrogen) atoms. The molecule has 88 valence electrons. The van der Waals surface area contributed by atoms with Gasteiger partial charge in [-0.2, -0.15) is 5.10 Å². The SMILES string of the molecule is CCc1cc(C(N)C2=CCCCC2)n(C)n1. The highest BCUT2D eigenvalue weighted by molar-refractivity contribution is 5.25. The molecule has 2 N–H and O–H groups in total. The van der Waals surface area contributed by atoms with E-state index >= 15 is 0 Å². The fourth-order valence-electron chi connectivity index (χ4n) is 2.34. The van der Waals surface area contributed by atoms with Gasteiger partial charge in [-0.15, -0.1) is 0 Å². The average molecular weight is 219 g/mol. The van der Waals surface area contributed by atoms with Crippen LogP contribution in [-0.4, -0.2) is 9.78 Å². The van der Waals surface area contributed by atoms with E-state index in [0.29, 0.717) is 0 Å². The second-order valence-electron chi connectivity index (χ2n) is 4.54. The van der Waals surface area contributed by atoms with E-state index in [2.05, 4.69) is 24.2 Å². The Bertz CT molecular complexity index is 390. The van der Waals surface area contributed by atoms with Crippen LogP contribution in [0.1, 0.15) is 50.0 Å². The van der Waals surface area contributed by atoms with Crippen LogP contribution in [0.2, 0.25) is 0 Å². The molecule has 0 saturated heterocycles. The summed E-state index contributed by atoms with van der Waals surface area (Å²) < 4.78 is 1.93. The van der Waals surface area contributed by atoms with E-state index in [1.54, 1.807) is 0 Å². The van der Waals surface area contributed by atoms with Crippen LogP contribution in [0.25, 0.3) is 0 Å². The first kappa shape index (κ1) is 11.4. The zero-order valence-electron chi connectivity index (χ0n) is 10.2. The maximum Gasteiger partial charge on any atom is 0.0682 e. The number of nitrogens with zero attached hydrogens (tertiary/aromatic N) is 2.